The second-order valence-electron chi connectivity index (χ2n) is 8.39. The lowest BCUT2D eigenvalue weighted by Crippen LogP contribution is -2.36. The van der Waals surface area contributed by atoms with Crippen molar-refractivity contribution >= 4 is 22.5 Å². The first kappa shape index (κ1) is 20.9. The maximum Gasteiger partial charge on any atom is 0.149 e. The van der Waals surface area contributed by atoms with Crippen molar-refractivity contribution in [3.63, 3.8) is 0 Å². The van der Waals surface area contributed by atoms with Crippen molar-refractivity contribution in [1.29, 1.82) is 0 Å². The molecule has 0 unspecified atom stereocenters. The molecule has 1 saturated carbocycles. The molecule has 8 heteroatoms. The number of anilines is 2. The van der Waals surface area contributed by atoms with E-state index >= 15 is 0 Å². The van der Waals surface area contributed by atoms with Crippen LogP contribution in [0.2, 0.25) is 0 Å². The summed E-state index contributed by atoms with van der Waals surface area (Å²) in [5, 5.41) is 3.47. The molecule has 2 aliphatic rings. The van der Waals surface area contributed by atoms with Crippen molar-refractivity contribution in [2.24, 2.45) is 0 Å². The summed E-state index contributed by atoms with van der Waals surface area (Å²) >= 11 is 0. The fourth-order valence-electron chi connectivity index (χ4n) is 4.43. The van der Waals surface area contributed by atoms with Gasteiger partial charge in [-0.2, -0.15) is 0 Å². The Hall–Kier alpha value is -3.00. The van der Waals surface area contributed by atoms with Gasteiger partial charge in [-0.15, -0.1) is 0 Å². The Morgan fingerprint density at radius 2 is 1.84 bits per heavy atom. The topological polar surface area (TPSA) is 72.4 Å². The van der Waals surface area contributed by atoms with Crippen LogP contribution in [0.15, 0.2) is 42.9 Å². The van der Waals surface area contributed by atoms with Crippen LogP contribution in [-0.4, -0.2) is 53.4 Å². The van der Waals surface area contributed by atoms with Crippen LogP contribution in [0, 0.1) is 0 Å². The average molecular weight is 438 g/mol. The third-order valence-electron chi connectivity index (χ3n) is 6.20. The Balaban J connectivity index is 1.25. The lowest BCUT2D eigenvalue weighted by molar-refractivity contribution is 0.122. The van der Waals surface area contributed by atoms with Crippen LogP contribution in [0.5, 0.6) is 5.75 Å². The monoisotopic (exact) mass is 437 g/mol. The number of fused-ring (bicyclic) bond motifs is 1. The first-order valence-corrected chi connectivity index (χ1v) is 11.3. The van der Waals surface area contributed by atoms with E-state index in [9.17, 15) is 4.39 Å². The number of pyridine rings is 1. The molecule has 0 spiro atoms. The van der Waals surface area contributed by atoms with E-state index in [-0.39, 0.29) is 6.10 Å². The second kappa shape index (κ2) is 9.65. The Kier molecular flexibility index (Phi) is 6.29. The van der Waals surface area contributed by atoms with E-state index in [0.29, 0.717) is 11.6 Å². The second-order valence-corrected chi connectivity index (χ2v) is 8.39. The van der Waals surface area contributed by atoms with Crippen molar-refractivity contribution in [2.75, 3.05) is 36.5 Å². The van der Waals surface area contributed by atoms with Crippen LogP contribution in [0.3, 0.4) is 0 Å². The summed E-state index contributed by atoms with van der Waals surface area (Å²) in [5.41, 5.74) is 3.36. The minimum Gasteiger partial charge on any atom is -0.488 e. The number of rotatable bonds is 6. The Labute approximate surface area is 187 Å². The molecule has 1 N–H and O–H groups in total. The third-order valence-corrected chi connectivity index (χ3v) is 6.20. The molecule has 0 atom stereocenters. The molecule has 1 aliphatic heterocycles. The largest absolute Gasteiger partial charge is 0.488 e. The van der Waals surface area contributed by atoms with Crippen molar-refractivity contribution < 1.29 is 13.9 Å². The molecule has 0 bridgehead atoms. The van der Waals surface area contributed by atoms with Crippen LogP contribution in [0.25, 0.3) is 11.0 Å². The highest BCUT2D eigenvalue weighted by molar-refractivity contribution is 5.85. The molecule has 3 aromatic rings. The highest BCUT2D eigenvalue weighted by atomic mass is 19.1. The summed E-state index contributed by atoms with van der Waals surface area (Å²) in [7, 11) is 0. The molecule has 32 heavy (non-hydrogen) atoms. The zero-order chi connectivity index (χ0) is 21.8. The van der Waals surface area contributed by atoms with Gasteiger partial charge in [0, 0.05) is 55.0 Å². The number of morpholine rings is 1. The molecule has 168 valence electrons. The maximum atomic E-state index is 12.7. The van der Waals surface area contributed by atoms with Gasteiger partial charge in [0.1, 0.15) is 23.8 Å². The van der Waals surface area contributed by atoms with E-state index in [4.69, 9.17) is 9.47 Å². The smallest absolute Gasteiger partial charge is 0.149 e. The number of nitrogens with one attached hydrogen (secondary N) is 1. The van der Waals surface area contributed by atoms with Gasteiger partial charge >= 0.3 is 0 Å². The third kappa shape index (κ3) is 4.75. The van der Waals surface area contributed by atoms with Gasteiger partial charge in [0.05, 0.1) is 24.8 Å². The van der Waals surface area contributed by atoms with Gasteiger partial charge in [-0.05, 0) is 37.8 Å². The van der Waals surface area contributed by atoms with Gasteiger partial charge in [0.25, 0.3) is 0 Å². The van der Waals surface area contributed by atoms with Gasteiger partial charge in [-0.3, -0.25) is 4.98 Å². The van der Waals surface area contributed by atoms with Crippen LogP contribution in [0.1, 0.15) is 31.2 Å². The summed E-state index contributed by atoms with van der Waals surface area (Å²) in [4.78, 5) is 15.7. The minimum absolute atomic E-state index is 0.139. The van der Waals surface area contributed by atoms with E-state index in [2.05, 4.69) is 37.3 Å². The van der Waals surface area contributed by atoms with Gasteiger partial charge in [-0.25, -0.2) is 14.4 Å². The molecular weight excluding hydrogens is 409 g/mol. The molecule has 0 radical (unpaired) electrons. The first-order chi connectivity index (χ1) is 15.8. The van der Waals surface area contributed by atoms with Crippen molar-refractivity contribution in [2.45, 2.75) is 44.5 Å². The molecule has 2 fully saturated rings. The lowest BCUT2D eigenvalue weighted by Gasteiger charge is -2.31. The van der Waals surface area contributed by atoms with Crippen LogP contribution < -0.4 is 15.0 Å². The van der Waals surface area contributed by atoms with E-state index in [1.807, 2.05) is 6.07 Å². The number of alkyl halides is 1. The fraction of sp³-hybridized carbons (Fsp3) is 0.458. The maximum absolute atomic E-state index is 12.7. The number of hydrogen-bond donors (Lipinski definition) is 1. The summed E-state index contributed by atoms with van der Waals surface area (Å²) in [6.07, 6.45) is 9.04. The van der Waals surface area contributed by atoms with E-state index in [0.717, 1.165) is 80.3 Å². The Bertz CT molecular complexity index is 1030. The highest BCUT2D eigenvalue weighted by Crippen LogP contribution is 2.33. The normalized spacial score (nSPS) is 21.5. The molecule has 1 aliphatic carbocycles. The number of nitrogens with zero attached hydrogens (tertiary/aromatic N) is 4. The zero-order valence-electron chi connectivity index (χ0n) is 18.0. The Morgan fingerprint density at radius 3 is 2.59 bits per heavy atom. The fourth-order valence-corrected chi connectivity index (χ4v) is 4.43. The number of benzene rings is 1. The zero-order valence-corrected chi connectivity index (χ0v) is 18.0. The number of halogens is 1. The number of aromatic nitrogens is 3. The van der Waals surface area contributed by atoms with Crippen molar-refractivity contribution in [3.05, 3.63) is 48.4 Å². The summed E-state index contributed by atoms with van der Waals surface area (Å²) in [6.45, 7) is 2.71. The van der Waals surface area contributed by atoms with E-state index in [1.54, 1.807) is 24.7 Å². The number of hydrogen-bond acceptors (Lipinski definition) is 7. The van der Waals surface area contributed by atoms with Gasteiger partial charge in [0.2, 0.25) is 0 Å². The molecule has 1 aromatic carbocycles. The summed E-state index contributed by atoms with van der Waals surface area (Å²) < 4.78 is 24.7. The van der Waals surface area contributed by atoms with Crippen LogP contribution in [-0.2, 0) is 11.4 Å². The van der Waals surface area contributed by atoms with E-state index < -0.39 is 6.67 Å². The first-order valence-electron chi connectivity index (χ1n) is 11.3. The molecule has 3 heterocycles. The van der Waals surface area contributed by atoms with Gasteiger partial charge in [-0.1, -0.05) is 6.07 Å². The van der Waals surface area contributed by atoms with Gasteiger partial charge < -0.3 is 19.7 Å². The minimum atomic E-state index is -0.485. The quantitative estimate of drug-likeness (QED) is 0.622. The molecule has 1 saturated heterocycles. The highest BCUT2D eigenvalue weighted by Gasteiger charge is 2.24. The standard InChI is InChI=1S/C24H28FN5O2/c25-15-17-1-6-23(28-16-17)29-18-2-4-20(5-3-18)32-22-14-19(30-9-11-31-12-10-30)13-21-24(22)27-8-7-26-21/h1,6-8,13-14,16,18,20H,2-5,9-12,15H2,(H,28,29)/t18-,20+. The molecular formula is C24H28FN5O2. The van der Waals surface area contributed by atoms with Crippen LogP contribution >= 0.6 is 0 Å². The van der Waals surface area contributed by atoms with Crippen LogP contribution in [0.4, 0.5) is 15.9 Å². The SMILES string of the molecule is FCc1ccc(N[C@H]2CC[C@@H](Oc3cc(N4CCOCC4)cc4nccnc34)CC2)nc1. The summed E-state index contributed by atoms with van der Waals surface area (Å²) in [6, 6.07) is 8.15. The van der Waals surface area contributed by atoms with E-state index in [1.165, 1.54) is 0 Å². The molecule has 2 aromatic heterocycles. The predicted molar refractivity (Wildman–Crippen MR) is 122 cm³/mol. The average Bonchev–Trinajstić information content (AvgIpc) is 2.86. The van der Waals surface area contributed by atoms with Gasteiger partial charge in [0.15, 0.2) is 0 Å². The lowest BCUT2D eigenvalue weighted by atomic mass is 9.93. The van der Waals surface area contributed by atoms with Crippen molar-refractivity contribution in [1.82, 2.24) is 15.0 Å². The van der Waals surface area contributed by atoms with Crippen molar-refractivity contribution in [3.8, 4) is 5.75 Å². The molecule has 5 rings (SSSR count). The number of ether oxygens (including phenoxy) is 2. The Morgan fingerprint density at radius 1 is 1.03 bits per heavy atom. The molecule has 7 nitrogen and oxygen atoms in total. The summed E-state index contributed by atoms with van der Waals surface area (Å²) in [5.74, 6) is 1.60. The molecule has 0 amide bonds. The predicted octanol–water partition coefficient (Wildman–Crippen LogP) is 4.13.